The third-order valence-electron chi connectivity index (χ3n) is 3.94. The molecule has 1 saturated heterocycles. The second-order valence-corrected chi connectivity index (χ2v) is 5.44. The molecule has 1 atom stereocenters. The Hall–Kier alpha value is -2.94. The van der Waals surface area contributed by atoms with Crippen LogP contribution in [0.3, 0.4) is 0 Å². The van der Waals surface area contributed by atoms with Gasteiger partial charge in [-0.2, -0.15) is 5.26 Å². The van der Waals surface area contributed by atoms with Crippen molar-refractivity contribution in [3.63, 3.8) is 0 Å². The standard InChI is InChI=1S/C17H17N5O/c18-11-13-4-1-5-14(10-13)16(23)21-12-15-6-2-9-22(15)17-19-7-3-8-20-17/h1,3-5,7-8,10,15H,2,6,9,12H2,(H,21,23). The van der Waals surface area contributed by atoms with Gasteiger partial charge in [-0.1, -0.05) is 6.07 Å². The highest BCUT2D eigenvalue weighted by atomic mass is 16.1. The molecule has 1 N–H and O–H groups in total. The van der Waals surface area contributed by atoms with Gasteiger partial charge in [-0.15, -0.1) is 0 Å². The molecule has 6 heteroatoms. The molecule has 6 nitrogen and oxygen atoms in total. The minimum Gasteiger partial charge on any atom is -0.350 e. The van der Waals surface area contributed by atoms with Gasteiger partial charge in [0.05, 0.1) is 11.6 Å². The molecule has 1 aliphatic rings. The average Bonchev–Trinajstić information content (AvgIpc) is 3.09. The van der Waals surface area contributed by atoms with Crippen LogP contribution in [0.2, 0.25) is 0 Å². The second kappa shape index (κ2) is 6.88. The number of hydrogen-bond donors (Lipinski definition) is 1. The van der Waals surface area contributed by atoms with Crippen molar-refractivity contribution < 1.29 is 4.79 Å². The summed E-state index contributed by atoms with van der Waals surface area (Å²) >= 11 is 0. The Morgan fingerprint density at radius 3 is 2.96 bits per heavy atom. The molecule has 0 bridgehead atoms. The van der Waals surface area contributed by atoms with Crippen molar-refractivity contribution >= 4 is 11.9 Å². The van der Waals surface area contributed by atoms with Crippen LogP contribution in [0, 0.1) is 11.3 Å². The van der Waals surface area contributed by atoms with Crippen LogP contribution >= 0.6 is 0 Å². The molecule has 1 aromatic carbocycles. The molecule has 0 spiro atoms. The van der Waals surface area contributed by atoms with E-state index in [2.05, 4.69) is 20.2 Å². The van der Waals surface area contributed by atoms with E-state index >= 15 is 0 Å². The van der Waals surface area contributed by atoms with Gasteiger partial charge in [-0.05, 0) is 37.1 Å². The van der Waals surface area contributed by atoms with E-state index in [0.717, 1.165) is 19.4 Å². The number of benzene rings is 1. The number of hydrogen-bond acceptors (Lipinski definition) is 5. The van der Waals surface area contributed by atoms with Gasteiger partial charge in [-0.25, -0.2) is 9.97 Å². The van der Waals surface area contributed by atoms with Crippen molar-refractivity contribution in [1.82, 2.24) is 15.3 Å². The van der Waals surface area contributed by atoms with Gasteiger partial charge in [0.2, 0.25) is 5.95 Å². The van der Waals surface area contributed by atoms with Gasteiger partial charge in [0.25, 0.3) is 5.91 Å². The van der Waals surface area contributed by atoms with Gasteiger partial charge >= 0.3 is 0 Å². The van der Waals surface area contributed by atoms with Crippen molar-refractivity contribution in [2.24, 2.45) is 0 Å². The highest BCUT2D eigenvalue weighted by Crippen LogP contribution is 2.21. The van der Waals surface area contributed by atoms with E-state index in [9.17, 15) is 4.79 Å². The second-order valence-electron chi connectivity index (χ2n) is 5.44. The summed E-state index contributed by atoms with van der Waals surface area (Å²) in [6.07, 6.45) is 5.51. The first kappa shape index (κ1) is 15.0. The van der Waals surface area contributed by atoms with Crippen LogP contribution in [-0.2, 0) is 0 Å². The van der Waals surface area contributed by atoms with Crippen LogP contribution in [0.1, 0.15) is 28.8 Å². The molecule has 2 heterocycles. The third kappa shape index (κ3) is 3.46. The average molecular weight is 307 g/mol. The fraction of sp³-hybridized carbons (Fsp3) is 0.294. The Morgan fingerprint density at radius 1 is 1.35 bits per heavy atom. The van der Waals surface area contributed by atoms with E-state index in [1.807, 2.05) is 6.07 Å². The number of aromatic nitrogens is 2. The Kier molecular flexibility index (Phi) is 4.48. The lowest BCUT2D eigenvalue weighted by Crippen LogP contribution is -2.41. The number of nitrogens with zero attached hydrogens (tertiary/aromatic N) is 4. The van der Waals surface area contributed by atoms with E-state index < -0.39 is 0 Å². The number of rotatable bonds is 4. The van der Waals surface area contributed by atoms with Crippen molar-refractivity contribution in [3.05, 3.63) is 53.9 Å². The number of carbonyl (C=O) groups excluding carboxylic acids is 1. The fourth-order valence-corrected chi connectivity index (χ4v) is 2.79. The van der Waals surface area contributed by atoms with Crippen molar-refractivity contribution in [3.8, 4) is 6.07 Å². The number of amides is 1. The van der Waals surface area contributed by atoms with Gasteiger partial charge in [-0.3, -0.25) is 4.79 Å². The summed E-state index contributed by atoms with van der Waals surface area (Å²) in [4.78, 5) is 22.9. The van der Waals surface area contributed by atoms with Gasteiger partial charge in [0.1, 0.15) is 0 Å². The molecular formula is C17H17N5O. The molecule has 116 valence electrons. The molecule has 3 rings (SSSR count). The number of nitrogens with one attached hydrogen (secondary N) is 1. The summed E-state index contributed by atoms with van der Waals surface area (Å²) in [6.45, 7) is 1.43. The maximum Gasteiger partial charge on any atom is 0.251 e. The number of nitriles is 1. The first-order valence-electron chi connectivity index (χ1n) is 7.60. The smallest absolute Gasteiger partial charge is 0.251 e. The molecule has 2 aromatic rings. The molecule has 0 saturated carbocycles. The zero-order valence-electron chi connectivity index (χ0n) is 12.6. The summed E-state index contributed by atoms with van der Waals surface area (Å²) in [5.74, 6) is 0.540. The topological polar surface area (TPSA) is 81.9 Å². The van der Waals surface area contributed by atoms with Crippen LogP contribution in [0.4, 0.5) is 5.95 Å². The molecule has 0 aliphatic carbocycles. The number of anilines is 1. The monoisotopic (exact) mass is 307 g/mol. The molecule has 1 aliphatic heterocycles. The highest BCUT2D eigenvalue weighted by molar-refractivity contribution is 5.94. The van der Waals surface area contributed by atoms with E-state index in [1.165, 1.54) is 0 Å². The van der Waals surface area contributed by atoms with Gasteiger partial charge in [0.15, 0.2) is 0 Å². The van der Waals surface area contributed by atoms with E-state index in [1.54, 1.807) is 42.7 Å². The van der Waals surface area contributed by atoms with Crippen LogP contribution in [0.25, 0.3) is 0 Å². The quantitative estimate of drug-likeness (QED) is 0.930. The van der Waals surface area contributed by atoms with Crippen LogP contribution in [0.15, 0.2) is 42.7 Å². The molecule has 1 unspecified atom stereocenters. The zero-order chi connectivity index (χ0) is 16.1. The van der Waals surface area contributed by atoms with E-state index in [0.29, 0.717) is 23.6 Å². The van der Waals surface area contributed by atoms with Crippen LogP contribution in [-0.4, -0.2) is 35.0 Å². The minimum atomic E-state index is -0.164. The first-order valence-corrected chi connectivity index (χ1v) is 7.60. The van der Waals surface area contributed by atoms with Crippen LogP contribution < -0.4 is 10.2 Å². The Balaban J connectivity index is 1.63. The molecule has 1 fully saturated rings. The van der Waals surface area contributed by atoms with E-state index in [-0.39, 0.29) is 11.9 Å². The predicted octanol–water partition coefficient (Wildman–Crippen LogP) is 1.75. The normalized spacial score (nSPS) is 16.8. The summed E-state index contributed by atoms with van der Waals surface area (Å²) in [5, 5.41) is 11.9. The largest absolute Gasteiger partial charge is 0.350 e. The zero-order valence-corrected chi connectivity index (χ0v) is 12.6. The fourth-order valence-electron chi connectivity index (χ4n) is 2.79. The SMILES string of the molecule is N#Cc1cccc(C(=O)NCC2CCCN2c2ncccn2)c1. The Bertz CT molecular complexity index is 725. The molecular weight excluding hydrogens is 290 g/mol. The van der Waals surface area contributed by atoms with Crippen molar-refractivity contribution in [2.45, 2.75) is 18.9 Å². The van der Waals surface area contributed by atoms with Crippen molar-refractivity contribution in [1.29, 1.82) is 5.26 Å². The maximum atomic E-state index is 12.2. The minimum absolute atomic E-state index is 0.164. The molecule has 23 heavy (non-hydrogen) atoms. The van der Waals surface area contributed by atoms with Crippen molar-refractivity contribution in [2.75, 3.05) is 18.0 Å². The Morgan fingerprint density at radius 2 is 2.17 bits per heavy atom. The molecule has 1 amide bonds. The lowest BCUT2D eigenvalue weighted by atomic mass is 10.1. The number of carbonyl (C=O) groups is 1. The van der Waals surface area contributed by atoms with Crippen LogP contribution in [0.5, 0.6) is 0 Å². The summed E-state index contributed by atoms with van der Waals surface area (Å²) in [7, 11) is 0. The molecule has 1 aromatic heterocycles. The lowest BCUT2D eigenvalue weighted by molar-refractivity contribution is 0.0951. The maximum absolute atomic E-state index is 12.2. The van der Waals surface area contributed by atoms with Gasteiger partial charge in [0, 0.05) is 37.1 Å². The lowest BCUT2D eigenvalue weighted by Gasteiger charge is -2.24. The highest BCUT2D eigenvalue weighted by Gasteiger charge is 2.26. The summed E-state index contributed by atoms with van der Waals surface area (Å²) < 4.78 is 0. The Labute approximate surface area is 134 Å². The predicted molar refractivity (Wildman–Crippen MR) is 85.9 cm³/mol. The van der Waals surface area contributed by atoms with Gasteiger partial charge < -0.3 is 10.2 Å². The molecule has 0 radical (unpaired) electrons. The van der Waals surface area contributed by atoms with E-state index in [4.69, 9.17) is 5.26 Å². The summed E-state index contributed by atoms with van der Waals surface area (Å²) in [6, 6.07) is 10.7. The summed E-state index contributed by atoms with van der Waals surface area (Å²) in [5.41, 5.74) is 0.988. The first-order chi connectivity index (χ1) is 11.3. The third-order valence-corrected chi connectivity index (χ3v) is 3.94.